The summed E-state index contributed by atoms with van der Waals surface area (Å²) in [6.45, 7) is 0.469. The van der Waals surface area contributed by atoms with Crippen LogP contribution >= 0.6 is 0 Å². The monoisotopic (exact) mass is 243 g/mol. The molecule has 1 aromatic carbocycles. The fourth-order valence-electron chi connectivity index (χ4n) is 1.64. The van der Waals surface area contributed by atoms with Gasteiger partial charge >= 0.3 is 5.69 Å². The predicted molar refractivity (Wildman–Crippen MR) is 67.2 cm³/mol. The third kappa shape index (κ3) is 2.82. The van der Waals surface area contributed by atoms with Crippen molar-refractivity contribution in [3.63, 3.8) is 0 Å². The van der Waals surface area contributed by atoms with Gasteiger partial charge in [-0.1, -0.05) is 30.3 Å². The lowest BCUT2D eigenvalue weighted by atomic mass is 10.1. The first-order chi connectivity index (χ1) is 8.66. The van der Waals surface area contributed by atoms with Crippen LogP contribution in [0.5, 0.6) is 0 Å². The summed E-state index contributed by atoms with van der Waals surface area (Å²) in [6.07, 6.45) is 3.34. The maximum Gasteiger partial charge on any atom is 0.347 e. The van der Waals surface area contributed by atoms with E-state index in [9.17, 15) is 9.59 Å². The summed E-state index contributed by atoms with van der Waals surface area (Å²) in [6, 6.07) is 9.78. The Hall–Kier alpha value is -2.43. The van der Waals surface area contributed by atoms with E-state index in [1.54, 1.807) is 0 Å². The van der Waals surface area contributed by atoms with Crippen molar-refractivity contribution in [2.75, 3.05) is 0 Å². The molecular formula is C13H13N3O2. The molecule has 0 spiro atoms. The summed E-state index contributed by atoms with van der Waals surface area (Å²) in [4.78, 5) is 26.1. The van der Waals surface area contributed by atoms with E-state index < -0.39 is 5.91 Å². The van der Waals surface area contributed by atoms with Crippen LogP contribution in [0.4, 0.5) is 0 Å². The minimum atomic E-state index is -0.587. The summed E-state index contributed by atoms with van der Waals surface area (Å²) in [5, 5.41) is 0. The second-order valence-corrected chi connectivity index (χ2v) is 3.92. The highest BCUT2D eigenvalue weighted by molar-refractivity contribution is 5.92. The lowest BCUT2D eigenvalue weighted by Crippen LogP contribution is -2.26. The molecule has 0 bridgehead atoms. The molecule has 92 valence electrons. The number of aromatic nitrogens is 2. The molecule has 0 saturated heterocycles. The number of hydrogen-bond donors (Lipinski definition) is 1. The van der Waals surface area contributed by atoms with Crippen LogP contribution in [0, 0.1) is 0 Å². The highest BCUT2D eigenvalue weighted by atomic mass is 16.1. The van der Waals surface area contributed by atoms with Gasteiger partial charge in [0.1, 0.15) is 0 Å². The topological polar surface area (TPSA) is 78.0 Å². The third-order valence-electron chi connectivity index (χ3n) is 2.62. The Morgan fingerprint density at radius 1 is 1.28 bits per heavy atom. The van der Waals surface area contributed by atoms with Crippen LogP contribution in [0.15, 0.2) is 47.5 Å². The summed E-state index contributed by atoms with van der Waals surface area (Å²) < 4.78 is 1.40. The zero-order chi connectivity index (χ0) is 13.0. The number of aryl methyl sites for hydroxylation is 2. The first-order valence-electron chi connectivity index (χ1n) is 5.57. The molecule has 1 aromatic heterocycles. The Labute approximate surface area is 104 Å². The Bertz CT molecular complexity index is 605. The van der Waals surface area contributed by atoms with E-state index in [2.05, 4.69) is 4.98 Å². The number of nitrogens with zero attached hydrogens (tertiary/aromatic N) is 2. The summed E-state index contributed by atoms with van der Waals surface area (Å²) in [5.41, 5.74) is 6.12. The Morgan fingerprint density at radius 2 is 2.00 bits per heavy atom. The number of amides is 1. The van der Waals surface area contributed by atoms with Crippen molar-refractivity contribution in [2.45, 2.75) is 13.0 Å². The van der Waals surface area contributed by atoms with E-state index in [4.69, 9.17) is 5.73 Å². The van der Waals surface area contributed by atoms with E-state index in [0.29, 0.717) is 13.0 Å². The van der Waals surface area contributed by atoms with E-state index >= 15 is 0 Å². The van der Waals surface area contributed by atoms with Gasteiger partial charge in [0.15, 0.2) is 0 Å². The van der Waals surface area contributed by atoms with Crippen LogP contribution in [0.1, 0.15) is 15.9 Å². The molecule has 0 aliphatic heterocycles. The largest absolute Gasteiger partial charge is 0.366 e. The van der Waals surface area contributed by atoms with Crippen molar-refractivity contribution in [1.29, 1.82) is 0 Å². The minimum Gasteiger partial charge on any atom is -0.366 e. The minimum absolute atomic E-state index is 0.239. The van der Waals surface area contributed by atoms with Gasteiger partial charge in [0.2, 0.25) is 0 Å². The third-order valence-corrected chi connectivity index (χ3v) is 2.62. The molecule has 2 rings (SSSR count). The number of primary amides is 1. The summed E-state index contributed by atoms with van der Waals surface area (Å²) in [7, 11) is 0. The van der Waals surface area contributed by atoms with Gasteiger partial charge in [-0.05, 0) is 12.0 Å². The second kappa shape index (κ2) is 5.27. The van der Waals surface area contributed by atoms with Crippen LogP contribution in [-0.4, -0.2) is 15.5 Å². The smallest absolute Gasteiger partial charge is 0.347 e. The van der Waals surface area contributed by atoms with Crippen molar-refractivity contribution < 1.29 is 4.79 Å². The number of carbonyl (C=O) groups excluding carboxylic acids is 1. The summed E-state index contributed by atoms with van der Waals surface area (Å²) in [5.74, 6) is -0.587. The normalized spacial score (nSPS) is 10.2. The average Bonchev–Trinajstić information content (AvgIpc) is 2.38. The maximum atomic E-state index is 11.5. The van der Waals surface area contributed by atoms with E-state index in [-0.39, 0.29) is 11.3 Å². The molecule has 5 nitrogen and oxygen atoms in total. The van der Waals surface area contributed by atoms with Crippen molar-refractivity contribution in [2.24, 2.45) is 5.73 Å². The van der Waals surface area contributed by atoms with Crippen LogP contribution in [0.3, 0.4) is 0 Å². The Balaban J connectivity index is 2.16. The zero-order valence-electron chi connectivity index (χ0n) is 9.74. The van der Waals surface area contributed by atoms with Crippen LogP contribution in [0.25, 0.3) is 0 Å². The van der Waals surface area contributed by atoms with Crippen LogP contribution in [0.2, 0.25) is 0 Å². The van der Waals surface area contributed by atoms with Crippen LogP contribution < -0.4 is 11.4 Å². The van der Waals surface area contributed by atoms with Gasteiger partial charge in [-0.2, -0.15) is 0 Å². The standard InChI is InChI=1S/C13H13N3O2/c14-12(17)11-8-15-13(18)16(9-11)7-6-10-4-2-1-3-5-10/h1-5,8-9H,6-7H2,(H2,14,17). The molecule has 0 aliphatic carbocycles. The van der Waals surface area contributed by atoms with E-state index in [1.165, 1.54) is 17.0 Å². The van der Waals surface area contributed by atoms with Gasteiger partial charge in [0, 0.05) is 18.9 Å². The van der Waals surface area contributed by atoms with Crippen molar-refractivity contribution in [1.82, 2.24) is 9.55 Å². The second-order valence-electron chi connectivity index (χ2n) is 3.92. The maximum absolute atomic E-state index is 11.5. The molecule has 0 atom stereocenters. The first kappa shape index (κ1) is 12.0. The van der Waals surface area contributed by atoms with Gasteiger partial charge in [-0.15, -0.1) is 0 Å². The van der Waals surface area contributed by atoms with Crippen LogP contribution in [-0.2, 0) is 13.0 Å². The van der Waals surface area contributed by atoms with Crippen molar-refractivity contribution >= 4 is 5.91 Å². The number of benzene rings is 1. The Morgan fingerprint density at radius 3 is 2.67 bits per heavy atom. The van der Waals surface area contributed by atoms with Gasteiger partial charge in [-0.25, -0.2) is 9.78 Å². The molecule has 5 heteroatoms. The lowest BCUT2D eigenvalue weighted by molar-refractivity contribution is 0.0999. The highest BCUT2D eigenvalue weighted by Crippen LogP contribution is 2.01. The SMILES string of the molecule is NC(=O)c1cnc(=O)n(CCc2ccccc2)c1. The number of nitrogens with two attached hydrogens (primary N) is 1. The fraction of sp³-hybridized carbons (Fsp3) is 0.154. The zero-order valence-corrected chi connectivity index (χ0v) is 9.74. The van der Waals surface area contributed by atoms with Crippen molar-refractivity contribution in [3.8, 4) is 0 Å². The quantitative estimate of drug-likeness (QED) is 0.853. The number of carbonyl (C=O) groups is 1. The molecule has 1 amide bonds. The highest BCUT2D eigenvalue weighted by Gasteiger charge is 2.04. The van der Waals surface area contributed by atoms with Gasteiger partial charge < -0.3 is 5.73 Å². The van der Waals surface area contributed by atoms with E-state index in [1.807, 2.05) is 30.3 Å². The van der Waals surface area contributed by atoms with Gasteiger partial charge in [-0.3, -0.25) is 9.36 Å². The number of rotatable bonds is 4. The molecule has 0 saturated carbocycles. The predicted octanol–water partition coefficient (Wildman–Crippen LogP) is 0.585. The number of hydrogen-bond acceptors (Lipinski definition) is 3. The van der Waals surface area contributed by atoms with E-state index in [0.717, 1.165) is 5.56 Å². The Kier molecular flexibility index (Phi) is 3.52. The molecule has 0 unspecified atom stereocenters. The lowest BCUT2D eigenvalue weighted by Gasteiger charge is -2.06. The molecule has 2 N–H and O–H groups in total. The molecule has 2 aromatic rings. The molecule has 1 heterocycles. The van der Waals surface area contributed by atoms with Crippen molar-refractivity contribution in [3.05, 3.63) is 64.3 Å². The molecule has 18 heavy (non-hydrogen) atoms. The molecule has 0 aliphatic rings. The molecule has 0 radical (unpaired) electrons. The molecular weight excluding hydrogens is 230 g/mol. The fourth-order valence-corrected chi connectivity index (χ4v) is 1.64. The average molecular weight is 243 g/mol. The van der Waals surface area contributed by atoms with Gasteiger partial charge in [0.05, 0.1) is 5.56 Å². The van der Waals surface area contributed by atoms with Gasteiger partial charge in [0.25, 0.3) is 5.91 Å². The molecule has 0 fully saturated rings. The first-order valence-corrected chi connectivity index (χ1v) is 5.57. The summed E-state index contributed by atoms with van der Waals surface area (Å²) >= 11 is 0.